The minimum Gasteiger partial charge on any atom is -0.380 e. The van der Waals surface area contributed by atoms with Crippen LogP contribution in [-0.2, 0) is 22.4 Å². The Morgan fingerprint density at radius 1 is 1.50 bits per heavy atom. The van der Waals surface area contributed by atoms with E-state index in [-0.39, 0.29) is 24.1 Å². The summed E-state index contributed by atoms with van der Waals surface area (Å²) in [7, 11) is 3.69. The lowest BCUT2D eigenvalue weighted by atomic mass is 9.92. The number of hydrogen-bond acceptors (Lipinski definition) is 5. The van der Waals surface area contributed by atoms with Crippen molar-refractivity contribution in [1.82, 2.24) is 20.2 Å². The maximum absolute atomic E-state index is 12.5. The molecule has 3 atom stereocenters. The number of aromatic nitrogens is 2. The third-order valence-electron chi connectivity index (χ3n) is 4.76. The average molecular weight is 304 g/mol. The first kappa shape index (κ1) is 15.4. The number of carbonyl (C=O) groups is 1. The number of carbonyl (C=O) groups excluding carboxylic acids is 1. The fourth-order valence-corrected chi connectivity index (χ4v) is 3.46. The van der Waals surface area contributed by atoms with Gasteiger partial charge in [0, 0.05) is 31.6 Å². The number of rotatable bonds is 3. The first-order chi connectivity index (χ1) is 10.6. The number of amides is 1. The Bertz CT molecular complexity index is 563. The smallest absolute Gasteiger partial charge is 0.237 e. The Kier molecular flexibility index (Phi) is 4.40. The molecule has 0 spiro atoms. The summed E-state index contributed by atoms with van der Waals surface area (Å²) < 4.78 is 5.37. The van der Waals surface area contributed by atoms with Crippen LogP contribution in [0.2, 0.25) is 0 Å². The van der Waals surface area contributed by atoms with E-state index >= 15 is 0 Å². The molecule has 3 rings (SSSR count). The predicted octanol–water partition coefficient (Wildman–Crippen LogP) is 0.478. The number of likely N-dealkylation sites (N-methyl/N-ethyl adjacent to an activating group) is 1. The van der Waals surface area contributed by atoms with Gasteiger partial charge in [-0.3, -0.25) is 9.69 Å². The van der Waals surface area contributed by atoms with Crippen molar-refractivity contribution < 1.29 is 9.53 Å². The molecular formula is C16H24N4O2. The number of nitrogens with zero attached hydrogens (tertiary/aromatic N) is 3. The molecule has 2 heterocycles. The molecular weight excluding hydrogens is 280 g/mol. The van der Waals surface area contributed by atoms with Crippen molar-refractivity contribution in [3.05, 3.63) is 23.3 Å². The number of nitrogens with one attached hydrogen (secondary N) is 1. The standard InChI is InChI=1S/C16H24N4O2/c1-10-17-8-11-6-12(4-5-14(11)18-10)19-16(21)15-7-13(22-3)9-20(15)2/h8,12-13,15H,4-7,9H2,1-3H3,(H,19,21)/t12?,13-,15-/m0/s1. The lowest BCUT2D eigenvalue weighted by Gasteiger charge is -2.27. The van der Waals surface area contributed by atoms with Crippen LogP contribution in [0.5, 0.6) is 0 Å². The van der Waals surface area contributed by atoms with Gasteiger partial charge in [-0.1, -0.05) is 0 Å². The molecule has 0 aromatic carbocycles. The number of aryl methyl sites for hydroxylation is 2. The molecule has 1 saturated heterocycles. The van der Waals surface area contributed by atoms with Crippen LogP contribution in [0.25, 0.3) is 0 Å². The van der Waals surface area contributed by atoms with Gasteiger partial charge in [-0.2, -0.15) is 0 Å². The summed E-state index contributed by atoms with van der Waals surface area (Å²) >= 11 is 0. The molecule has 0 bridgehead atoms. The van der Waals surface area contributed by atoms with Gasteiger partial charge in [0.1, 0.15) is 5.82 Å². The first-order valence-electron chi connectivity index (χ1n) is 7.91. The van der Waals surface area contributed by atoms with Crippen LogP contribution in [0.4, 0.5) is 0 Å². The van der Waals surface area contributed by atoms with E-state index in [1.165, 1.54) is 0 Å². The van der Waals surface area contributed by atoms with Crippen LogP contribution in [0.15, 0.2) is 6.20 Å². The first-order valence-corrected chi connectivity index (χ1v) is 7.91. The van der Waals surface area contributed by atoms with Gasteiger partial charge < -0.3 is 10.1 Å². The third kappa shape index (κ3) is 3.13. The third-order valence-corrected chi connectivity index (χ3v) is 4.76. The summed E-state index contributed by atoms with van der Waals surface area (Å²) in [4.78, 5) is 23.3. The normalized spacial score (nSPS) is 28.4. The lowest BCUT2D eigenvalue weighted by Crippen LogP contribution is -2.47. The molecule has 1 aliphatic heterocycles. The Balaban J connectivity index is 1.60. The molecule has 120 valence electrons. The Labute approximate surface area is 131 Å². The molecule has 1 aliphatic carbocycles. The zero-order valence-corrected chi connectivity index (χ0v) is 13.5. The van der Waals surface area contributed by atoms with Crippen LogP contribution in [0, 0.1) is 6.92 Å². The Morgan fingerprint density at radius 3 is 3.05 bits per heavy atom. The van der Waals surface area contributed by atoms with Crippen molar-refractivity contribution in [2.24, 2.45) is 0 Å². The second-order valence-electron chi connectivity index (χ2n) is 6.39. The Hall–Kier alpha value is -1.53. The van der Waals surface area contributed by atoms with Crippen LogP contribution in [-0.4, -0.2) is 59.7 Å². The van der Waals surface area contributed by atoms with Crippen molar-refractivity contribution in [2.75, 3.05) is 20.7 Å². The minimum atomic E-state index is -0.0828. The van der Waals surface area contributed by atoms with Gasteiger partial charge in [0.2, 0.25) is 5.91 Å². The van der Waals surface area contributed by atoms with Crippen LogP contribution in [0.3, 0.4) is 0 Å². The molecule has 1 unspecified atom stereocenters. The molecule has 2 aliphatic rings. The van der Waals surface area contributed by atoms with Gasteiger partial charge in [0.25, 0.3) is 0 Å². The average Bonchev–Trinajstić information content (AvgIpc) is 2.88. The molecule has 6 nitrogen and oxygen atoms in total. The van der Waals surface area contributed by atoms with Crippen molar-refractivity contribution in [1.29, 1.82) is 0 Å². The van der Waals surface area contributed by atoms with E-state index in [4.69, 9.17) is 4.74 Å². The zero-order chi connectivity index (χ0) is 15.7. The van der Waals surface area contributed by atoms with Gasteiger partial charge in [-0.15, -0.1) is 0 Å². The second kappa shape index (κ2) is 6.30. The van der Waals surface area contributed by atoms with E-state index in [0.29, 0.717) is 0 Å². The van der Waals surface area contributed by atoms with Gasteiger partial charge >= 0.3 is 0 Å². The number of methoxy groups -OCH3 is 1. The summed E-state index contributed by atoms with van der Waals surface area (Å²) in [6.07, 6.45) is 5.50. The monoisotopic (exact) mass is 304 g/mol. The molecule has 0 radical (unpaired) electrons. The highest BCUT2D eigenvalue weighted by atomic mass is 16.5. The summed E-state index contributed by atoms with van der Waals surface area (Å²) in [6, 6.07) is 0.0990. The fourth-order valence-electron chi connectivity index (χ4n) is 3.46. The van der Waals surface area contributed by atoms with Gasteiger partial charge in [-0.25, -0.2) is 9.97 Å². The number of hydrogen-bond donors (Lipinski definition) is 1. The topological polar surface area (TPSA) is 67.3 Å². The van der Waals surface area contributed by atoms with Crippen molar-refractivity contribution in [2.45, 2.75) is 50.8 Å². The van der Waals surface area contributed by atoms with E-state index < -0.39 is 0 Å². The molecule has 6 heteroatoms. The SMILES string of the molecule is CO[C@H]1C[C@@H](C(=O)NC2CCc3nc(C)ncc3C2)N(C)C1. The van der Waals surface area contributed by atoms with Crippen molar-refractivity contribution in [3.63, 3.8) is 0 Å². The Morgan fingerprint density at radius 2 is 2.32 bits per heavy atom. The molecule has 1 N–H and O–H groups in total. The van der Waals surface area contributed by atoms with Crippen LogP contribution < -0.4 is 5.32 Å². The summed E-state index contributed by atoms with van der Waals surface area (Å²) in [6.45, 7) is 2.73. The predicted molar refractivity (Wildman–Crippen MR) is 82.6 cm³/mol. The van der Waals surface area contributed by atoms with E-state index in [0.717, 1.165) is 49.3 Å². The highest BCUT2D eigenvalue weighted by Crippen LogP contribution is 2.21. The highest BCUT2D eigenvalue weighted by molar-refractivity contribution is 5.82. The lowest BCUT2D eigenvalue weighted by molar-refractivity contribution is -0.125. The van der Waals surface area contributed by atoms with Gasteiger partial charge in [-0.05, 0) is 45.2 Å². The molecule has 0 saturated carbocycles. The van der Waals surface area contributed by atoms with Crippen molar-refractivity contribution >= 4 is 5.91 Å². The molecule has 22 heavy (non-hydrogen) atoms. The van der Waals surface area contributed by atoms with E-state index in [9.17, 15) is 4.79 Å². The van der Waals surface area contributed by atoms with Gasteiger partial charge in [0.15, 0.2) is 0 Å². The number of fused-ring (bicyclic) bond motifs is 1. The van der Waals surface area contributed by atoms with E-state index in [1.54, 1.807) is 7.11 Å². The maximum Gasteiger partial charge on any atom is 0.237 e. The van der Waals surface area contributed by atoms with Gasteiger partial charge in [0.05, 0.1) is 12.1 Å². The van der Waals surface area contributed by atoms with E-state index in [2.05, 4.69) is 20.2 Å². The zero-order valence-electron chi connectivity index (χ0n) is 13.5. The molecule has 1 aromatic rings. The van der Waals surface area contributed by atoms with Crippen LogP contribution >= 0.6 is 0 Å². The largest absolute Gasteiger partial charge is 0.380 e. The summed E-state index contributed by atoms with van der Waals surface area (Å²) in [5.41, 5.74) is 2.30. The molecule has 1 amide bonds. The minimum absolute atomic E-state index is 0.0828. The second-order valence-corrected chi connectivity index (χ2v) is 6.39. The highest BCUT2D eigenvalue weighted by Gasteiger charge is 2.35. The quantitative estimate of drug-likeness (QED) is 0.879. The summed E-state index contributed by atoms with van der Waals surface area (Å²) in [5, 5.41) is 3.20. The van der Waals surface area contributed by atoms with Crippen LogP contribution in [0.1, 0.15) is 29.9 Å². The molecule has 1 aromatic heterocycles. The van der Waals surface area contributed by atoms with Crippen molar-refractivity contribution in [3.8, 4) is 0 Å². The number of ether oxygens (including phenoxy) is 1. The molecule has 1 fully saturated rings. The summed E-state index contributed by atoms with van der Waals surface area (Å²) in [5.74, 6) is 0.933. The maximum atomic E-state index is 12.5. The fraction of sp³-hybridized carbons (Fsp3) is 0.688. The number of likely N-dealkylation sites (tertiary alicyclic amines) is 1. The van der Waals surface area contributed by atoms with E-state index in [1.807, 2.05) is 20.2 Å².